The average molecular weight is 286 g/mol. The number of likely N-dealkylation sites (tertiary alicyclic amines) is 1. The third kappa shape index (κ3) is 6.20. The van der Waals surface area contributed by atoms with Crippen molar-refractivity contribution in [1.29, 1.82) is 0 Å². The Hall–Kier alpha value is -0.650. The van der Waals surface area contributed by atoms with Gasteiger partial charge < -0.3 is 19.7 Å². The van der Waals surface area contributed by atoms with Crippen LogP contribution in [0, 0.1) is 5.92 Å². The highest BCUT2D eigenvalue weighted by Crippen LogP contribution is 2.17. The van der Waals surface area contributed by atoms with Crippen molar-refractivity contribution < 1.29 is 14.3 Å². The van der Waals surface area contributed by atoms with Gasteiger partial charge in [0.1, 0.15) is 6.04 Å². The summed E-state index contributed by atoms with van der Waals surface area (Å²) in [5.41, 5.74) is 0. The van der Waals surface area contributed by atoms with Gasteiger partial charge in [0.2, 0.25) is 0 Å². The highest BCUT2D eigenvalue weighted by atomic mass is 16.5. The van der Waals surface area contributed by atoms with Crippen molar-refractivity contribution in [3.63, 3.8) is 0 Å². The van der Waals surface area contributed by atoms with Crippen LogP contribution in [0.2, 0.25) is 0 Å². The number of hydrogen-bond acceptors (Lipinski definition) is 5. The number of esters is 1. The molecule has 5 heteroatoms. The first-order chi connectivity index (χ1) is 9.71. The largest absolute Gasteiger partial charge is 0.465 e. The summed E-state index contributed by atoms with van der Waals surface area (Å²) in [6, 6.07) is -0.178. The molecule has 0 bridgehead atoms. The summed E-state index contributed by atoms with van der Waals surface area (Å²) in [5.74, 6) is 0.508. The molecule has 20 heavy (non-hydrogen) atoms. The SMILES string of the molecule is CCNC(CCN1CCCC(COC)C1)C(=O)OCC. The minimum absolute atomic E-state index is 0.125. The molecule has 0 aromatic rings. The maximum Gasteiger partial charge on any atom is 0.323 e. The van der Waals surface area contributed by atoms with E-state index < -0.39 is 0 Å². The van der Waals surface area contributed by atoms with Crippen LogP contribution in [0.5, 0.6) is 0 Å². The number of piperidine rings is 1. The van der Waals surface area contributed by atoms with Crippen LogP contribution in [-0.4, -0.2) is 63.4 Å². The first-order valence-corrected chi connectivity index (χ1v) is 7.82. The number of nitrogens with zero attached hydrogens (tertiary/aromatic N) is 1. The molecule has 0 aromatic carbocycles. The van der Waals surface area contributed by atoms with E-state index in [4.69, 9.17) is 9.47 Å². The second kappa shape index (κ2) is 10.1. The second-order valence-electron chi connectivity index (χ2n) is 5.42. The normalized spacial score (nSPS) is 21.6. The molecule has 0 saturated carbocycles. The number of nitrogens with one attached hydrogen (secondary N) is 1. The first kappa shape index (κ1) is 17.4. The van der Waals surface area contributed by atoms with Crippen LogP contribution in [-0.2, 0) is 14.3 Å². The zero-order valence-electron chi connectivity index (χ0n) is 13.2. The van der Waals surface area contributed by atoms with E-state index in [1.165, 1.54) is 12.8 Å². The Morgan fingerprint density at radius 1 is 1.45 bits per heavy atom. The molecule has 0 amide bonds. The lowest BCUT2D eigenvalue weighted by Crippen LogP contribution is -2.43. The van der Waals surface area contributed by atoms with Crippen LogP contribution in [0.1, 0.15) is 33.1 Å². The van der Waals surface area contributed by atoms with Crippen molar-refractivity contribution in [1.82, 2.24) is 10.2 Å². The highest BCUT2D eigenvalue weighted by molar-refractivity contribution is 5.75. The molecule has 0 aliphatic carbocycles. The lowest BCUT2D eigenvalue weighted by atomic mass is 9.98. The fourth-order valence-corrected chi connectivity index (χ4v) is 2.83. The molecule has 1 aliphatic rings. The van der Waals surface area contributed by atoms with Gasteiger partial charge in [-0.05, 0) is 45.2 Å². The van der Waals surface area contributed by atoms with Gasteiger partial charge in [-0.15, -0.1) is 0 Å². The van der Waals surface area contributed by atoms with Gasteiger partial charge in [0.05, 0.1) is 13.2 Å². The zero-order chi connectivity index (χ0) is 14.8. The van der Waals surface area contributed by atoms with Crippen molar-refractivity contribution in [3.05, 3.63) is 0 Å². The standard InChI is InChI=1S/C15H30N2O3/c1-4-16-14(15(18)20-5-2)8-10-17-9-6-7-13(11-17)12-19-3/h13-14,16H,4-12H2,1-3H3. The summed E-state index contributed by atoms with van der Waals surface area (Å²) in [5, 5.41) is 3.22. The number of hydrogen-bond donors (Lipinski definition) is 1. The number of rotatable bonds is 9. The lowest BCUT2D eigenvalue weighted by Gasteiger charge is -2.33. The molecule has 1 N–H and O–H groups in total. The van der Waals surface area contributed by atoms with Gasteiger partial charge in [-0.1, -0.05) is 6.92 Å². The zero-order valence-corrected chi connectivity index (χ0v) is 13.2. The van der Waals surface area contributed by atoms with Crippen LogP contribution in [0.25, 0.3) is 0 Å². The van der Waals surface area contributed by atoms with E-state index in [2.05, 4.69) is 10.2 Å². The van der Waals surface area contributed by atoms with E-state index in [0.717, 1.165) is 39.2 Å². The molecule has 1 heterocycles. The van der Waals surface area contributed by atoms with Gasteiger partial charge in [-0.2, -0.15) is 0 Å². The van der Waals surface area contributed by atoms with E-state index in [1.807, 2.05) is 13.8 Å². The van der Waals surface area contributed by atoms with Gasteiger partial charge in [0, 0.05) is 20.2 Å². The maximum absolute atomic E-state index is 11.8. The lowest BCUT2D eigenvalue weighted by molar-refractivity contribution is -0.145. The summed E-state index contributed by atoms with van der Waals surface area (Å²) in [4.78, 5) is 14.3. The van der Waals surface area contributed by atoms with Crippen molar-refractivity contribution in [2.24, 2.45) is 5.92 Å². The predicted octanol–water partition coefficient (Wildman–Crippen LogP) is 1.28. The van der Waals surface area contributed by atoms with Crippen molar-refractivity contribution in [2.45, 2.75) is 39.2 Å². The van der Waals surface area contributed by atoms with Gasteiger partial charge in [0.15, 0.2) is 0 Å². The molecule has 2 atom stereocenters. The van der Waals surface area contributed by atoms with E-state index in [0.29, 0.717) is 12.5 Å². The number of carbonyl (C=O) groups is 1. The molecule has 1 rings (SSSR count). The minimum Gasteiger partial charge on any atom is -0.465 e. The fourth-order valence-electron chi connectivity index (χ4n) is 2.83. The summed E-state index contributed by atoms with van der Waals surface area (Å²) in [6.45, 7) is 9.08. The average Bonchev–Trinajstić information content (AvgIpc) is 2.44. The Morgan fingerprint density at radius 2 is 2.25 bits per heavy atom. The van der Waals surface area contributed by atoms with E-state index in [9.17, 15) is 4.79 Å². The van der Waals surface area contributed by atoms with Crippen molar-refractivity contribution in [3.8, 4) is 0 Å². The molecule has 118 valence electrons. The summed E-state index contributed by atoms with van der Waals surface area (Å²) < 4.78 is 10.4. The van der Waals surface area contributed by atoms with Crippen LogP contribution in [0.15, 0.2) is 0 Å². The Morgan fingerprint density at radius 3 is 2.90 bits per heavy atom. The van der Waals surface area contributed by atoms with E-state index in [1.54, 1.807) is 7.11 Å². The Labute approximate surface area is 123 Å². The van der Waals surface area contributed by atoms with Crippen LogP contribution >= 0.6 is 0 Å². The maximum atomic E-state index is 11.8. The molecule has 0 radical (unpaired) electrons. The number of carbonyl (C=O) groups excluding carboxylic acids is 1. The molecule has 1 fully saturated rings. The molecular weight excluding hydrogens is 256 g/mol. The molecular formula is C15H30N2O3. The Balaban J connectivity index is 2.36. The molecule has 1 saturated heterocycles. The number of methoxy groups -OCH3 is 1. The molecule has 1 aliphatic heterocycles. The third-order valence-electron chi connectivity index (χ3n) is 3.76. The Bertz CT molecular complexity index is 272. The van der Waals surface area contributed by atoms with Crippen molar-refractivity contribution >= 4 is 5.97 Å². The van der Waals surface area contributed by atoms with E-state index in [-0.39, 0.29) is 12.0 Å². The van der Waals surface area contributed by atoms with Crippen LogP contribution in [0.4, 0.5) is 0 Å². The first-order valence-electron chi connectivity index (χ1n) is 7.82. The number of ether oxygens (including phenoxy) is 2. The quantitative estimate of drug-likeness (QED) is 0.647. The van der Waals surface area contributed by atoms with Crippen LogP contribution in [0.3, 0.4) is 0 Å². The topological polar surface area (TPSA) is 50.8 Å². The second-order valence-corrected chi connectivity index (χ2v) is 5.42. The smallest absolute Gasteiger partial charge is 0.323 e. The summed E-state index contributed by atoms with van der Waals surface area (Å²) in [7, 11) is 1.76. The highest BCUT2D eigenvalue weighted by Gasteiger charge is 2.23. The third-order valence-corrected chi connectivity index (χ3v) is 3.76. The van der Waals surface area contributed by atoms with E-state index >= 15 is 0 Å². The molecule has 0 aromatic heterocycles. The van der Waals surface area contributed by atoms with Crippen LogP contribution < -0.4 is 5.32 Å². The van der Waals surface area contributed by atoms with Gasteiger partial charge in [-0.25, -0.2) is 0 Å². The number of likely N-dealkylation sites (N-methyl/N-ethyl adjacent to an activating group) is 1. The molecule has 0 spiro atoms. The monoisotopic (exact) mass is 286 g/mol. The summed E-state index contributed by atoms with van der Waals surface area (Å²) >= 11 is 0. The minimum atomic E-state index is -0.178. The van der Waals surface area contributed by atoms with Gasteiger partial charge in [0.25, 0.3) is 0 Å². The molecule has 5 nitrogen and oxygen atoms in total. The van der Waals surface area contributed by atoms with Gasteiger partial charge in [-0.3, -0.25) is 4.79 Å². The van der Waals surface area contributed by atoms with Crippen molar-refractivity contribution in [2.75, 3.05) is 46.5 Å². The van der Waals surface area contributed by atoms with Gasteiger partial charge >= 0.3 is 5.97 Å². The Kier molecular flexibility index (Phi) is 8.82. The predicted molar refractivity (Wildman–Crippen MR) is 79.8 cm³/mol. The fraction of sp³-hybridized carbons (Fsp3) is 0.933. The summed E-state index contributed by atoms with van der Waals surface area (Å²) in [6.07, 6.45) is 3.28. The molecule has 2 unspecified atom stereocenters.